The molecule has 0 unspecified atom stereocenters. The third-order valence-corrected chi connectivity index (χ3v) is 4.23. The lowest BCUT2D eigenvalue weighted by atomic mass is 9.87. The normalized spacial score (nSPS) is 13.9. The molecule has 0 spiro atoms. The number of aromatic nitrogens is 2. The number of fused-ring (bicyclic) bond motifs is 1. The summed E-state index contributed by atoms with van der Waals surface area (Å²) in [6.45, 7) is 8.99. The molecule has 0 saturated carbocycles. The van der Waals surface area contributed by atoms with Gasteiger partial charge < -0.3 is 4.90 Å². The summed E-state index contributed by atoms with van der Waals surface area (Å²) in [5.41, 5.74) is 0.224. The van der Waals surface area contributed by atoms with Crippen molar-refractivity contribution in [1.29, 1.82) is 0 Å². The third-order valence-electron chi connectivity index (χ3n) is 3.41. The average molecular weight is 249 g/mol. The van der Waals surface area contributed by atoms with E-state index in [4.69, 9.17) is 0 Å². The van der Waals surface area contributed by atoms with E-state index in [0.717, 1.165) is 16.0 Å². The molecule has 0 aliphatic rings. The maximum absolute atomic E-state index is 4.44. The Hall–Kier alpha value is -1.16. The van der Waals surface area contributed by atoms with Crippen molar-refractivity contribution < 1.29 is 0 Å². The van der Waals surface area contributed by atoms with Gasteiger partial charge in [-0.25, -0.2) is 9.97 Å². The van der Waals surface area contributed by atoms with Crippen LogP contribution in [-0.4, -0.2) is 23.1 Å². The van der Waals surface area contributed by atoms with Crippen molar-refractivity contribution in [2.45, 2.75) is 33.7 Å². The summed E-state index contributed by atoms with van der Waals surface area (Å²) in [6.07, 6.45) is 1.65. The standard InChI is InChI=1S/C13H19N3S/c1-9(13(2,3)4)16(5)11-10-6-7-17-12(10)15-8-14-11/h6-9H,1-5H3/t9-/m1/s1. The SMILES string of the molecule is C[C@@H](N(C)c1ncnc2sccc12)C(C)(C)C. The molecular formula is C13H19N3S. The fourth-order valence-corrected chi connectivity index (χ4v) is 2.55. The largest absolute Gasteiger partial charge is 0.356 e. The van der Waals surface area contributed by atoms with Crippen molar-refractivity contribution in [1.82, 2.24) is 9.97 Å². The van der Waals surface area contributed by atoms with Gasteiger partial charge in [0.25, 0.3) is 0 Å². The molecule has 2 rings (SSSR count). The molecule has 1 atom stereocenters. The number of nitrogens with zero attached hydrogens (tertiary/aromatic N) is 3. The monoisotopic (exact) mass is 249 g/mol. The predicted molar refractivity (Wildman–Crippen MR) is 74.7 cm³/mol. The Morgan fingerprint density at radius 2 is 2.00 bits per heavy atom. The second-order valence-electron chi connectivity index (χ2n) is 5.49. The molecular weight excluding hydrogens is 230 g/mol. The van der Waals surface area contributed by atoms with Crippen LogP contribution in [0.4, 0.5) is 5.82 Å². The van der Waals surface area contributed by atoms with Gasteiger partial charge in [0.2, 0.25) is 0 Å². The number of hydrogen-bond acceptors (Lipinski definition) is 4. The molecule has 2 heterocycles. The Bertz CT molecular complexity index is 513. The van der Waals surface area contributed by atoms with E-state index in [1.54, 1.807) is 17.7 Å². The van der Waals surface area contributed by atoms with E-state index in [1.807, 2.05) is 0 Å². The van der Waals surface area contributed by atoms with Gasteiger partial charge in [-0.3, -0.25) is 0 Å². The number of thiophene rings is 1. The van der Waals surface area contributed by atoms with Crippen LogP contribution in [0.1, 0.15) is 27.7 Å². The molecule has 0 bridgehead atoms. The van der Waals surface area contributed by atoms with E-state index in [1.165, 1.54) is 0 Å². The fourth-order valence-electron chi connectivity index (χ4n) is 1.82. The average Bonchev–Trinajstić information content (AvgIpc) is 2.73. The van der Waals surface area contributed by atoms with Crippen LogP contribution in [0.3, 0.4) is 0 Å². The van der Waals surface area contributed by atoms with Gasteiger partial charge in [-0.1, -0.05) is 20.8 Å². The number of anilines is 1. The van der Waals surface area contributed by atoms with Crippen LogP contribution >= 0.6 is 11.3 Å². The molecule has 0 radical (unpaired) electrons. The van der Waals surface area contributed by atoms with Crippen molar-refractivity contribution in [3.05, 3.63) is 17.8 Å². The highest BCUT2D eigenvalue weighted by molar-refractivity contribution is 7.16. The molecule has 2 aromatic heterocycles. The van der Waals surface area contributed by atoms with Crippen molar-refractivity contribution in [2.75, 3.05) is 11.9 Å². The molecule has 0 aliphatic carbocycles. The molecule has 0 aromatic carbocycles. The predicted octanol–water partition coefficient (Wildman–Crippen LogP) is 3.56. The Balaban J connectivity index is 2.43. The second-order valence-corrected chi connectivity index (χ2v) is 6.38. The molecule has 92 valence electrons. The van der Waals surface area contributed by atoms with E-state index in [-0.39, 0.29) is 5.41 Å². The third kappa shape index (κ3) is 2.27. The van der Waals surface area contributed by atoms with Gasteiger partial charge in [0.05, 0.1) is 5.39 Å². The van der Waals surface area contributed by atoms with Gasteiger partial charge in [-0.05, 0) is 23.8 Å². The van der Waals surface area contributed by atoms with Crippen LogP contribution < -0.4 is 4.90 Å². The Morgan fingerprint density at radius 1 is 1.29 bits per heavy atom. The highest BCUT2D eigenvalue weighted by atomic mass is 32.1. The van der Waals surface area contributed by atoms with Crippen LogP contribution in [0.5, 0.6) is 0 Å². The van der Waals surface area contributed by atoms with Gasteiger partial charge in [0.15, 0.2) is 0 Å². The molecule has 3 nitrogen and oxygen atoms in total. The van der Waals surface area contributed by atoms with Gasteiger partial charge in [0, 0.05) is 13.1 Å². The summed E-state index contributed by atoms with van der Waals surface area (Å²) in [6, 6.07) is 2.52. The Morgan fingerprint density at radius 3 is 2.65 bits per heavy atom. The van der Waals surface area contributed by atoms with Crippen LogP contribution in [0, 0.1) is 5.41 Å². The lowest BCUT2D eigenvalue weighted by Crippen LogP contribution is -2.39. The van der Waals surface area contributed by atoms with E-state index in [2.05, 4.69) is 61.1 Å². The summed E-state index contributed by atoms with van der Waals surface area (Å²) in [4.78, 5) is 12.0. The van der Waals surface area contributed by atoms with Gasteiger partial charge >= 0.3 is 0 Å². The van der Waals surface area contributed by atoms with Crippen LogP contribution in [0.25, 0.3) is 10.2 Å². The van der Waals surface area contributed by atoms with E-state index in [9.17, 15) is 0 Å². The first-order chi connectivity index (χ1) is 7.91. The topological polar surface area (TPSA) is 29.0 Å². The van der Waals surface area contributed by atoms with E-state index >= 15 is 0 Å². The maximum atomic E-state index is 4.44. The lowest BCUT2D eigenvalue weighted by Gasteiger charge is -2.36. The zero-order valence-corrected chi connectivity index (χ0v) is 11.9. The highest BCUT2D eigenvalue weighted by Crippen LogP contribution is 2.31. The smallest absolute Gasteiger partial charge is 0.140 e. The zero-order valence-electron chi connectivity index (χ0n) is 11.1. The summed E-state index contributed by atoms with van der Waals surface area (Å²) in [7, 11) is 2.11. The molecule has 2 aromatic rings. The highest BCUT2D eigenvalue weighted by Gasteiger charge is 2.25. The molecule has 4 heteroatoms. The minimum atomic E-state index is 0.224. The lowest BCUT2D eigenvalue weighted by molar-refractivity contribution is 0.329. The van der Waals surface area contributed by atoms with Crippen LogP contribution in [0.2, 0.25) is 0 Å². The van der Waals surface area contributed by atoms with Crippen molar-refractivity contribution in [3.8, 4) is 0 Å². The number of hydrogen-bond donors (Lipinski definition) is 0. The quantitative estimate of drug-likeness (QED) is 0.815. The molecule has 0 saturated heterocycles. The first-order valence-electron chi connectivity index (χ1n) is 5.82. The summed E-state index contributed by atoms with van der Waals surface area (Å²) < 4.78 is 0. The van der Waals surface area contributed by atoms with E-state index in [0.29, 0.717) is 6.04 Å². The molecule has 0 amide bonds. The van der Waals surface area contributed by atoms with Crippen molar-refractivity contribution >= 4 is 27.4 Å². The first kappa shape index (κ1) is 12.3. The Kier molecular flexibility index (Phi) is 3.08. The molecule has 0 aliphatic heterocycles. The fraction of sp³-hybridized carbons (Fsp3) is 0.538. The summed E-state index contributed by atoms with van der Waals surface area (Å²) >= 11 is 1.66. The number of rotatable bonds is 2. The summed E-state index contributed by atoms with van der Waals surface area (Å²) in [5, 5.41) is 3.22. The Labute approximate surface area is 107 Å². The van der Waals surface area contributed by atoms with Crippen LogP contribution in [0.15, 0.2) is 17.8 Å². The van der Waals surface area contributed by atoms with Crippen LogP contribution in [-0.2, 0) is 0 Å². The first-order valence-corrected chi connectivity index (χ1v) is 6.70. The minimum Gasteiger partial charge on any atom is -0.356 e. The summed E-state index contributed by atoms with van der Waals surface area (Å²) in [5.74, 6) is 1.03. The van der Waals surface area contributed by atoms with Crippen molar-refractivity contribution in [2.24, 2.45) is 5.41 Å². The van der Waals surface area contributed by atoms with E-state index < -0.39 is 0 Å². The molecule has 17 heavy (non-hydrogen) atoms. The van der Waals surface area contributed by atoms with Gasteiger partial charge in [-0.15, -0.1) is 11.3 Å². The van der Waals surface area contributed by atoms with Gasteiger partial charge in [0.1, 0.15) is 17.0 Å². The van der Waals surface area contributed by atoms with Crippen molar-refractivity contribution in [3.63, 3.8) is 0 Å². The van der Waals surface area contributed by atoms with Gasteiger partial charge in [-0.2, -0.15) is 0 Å². The molecule has 0 N–H and O–H groups in total. The minimum absolute atomic E-state index is 0.224. The molecule has 0 fully saturated rings. The second kappa shape index (κ2) is 4.26. The maximum Gasteiger partial charge on any atom is 0.140 e. The zero-order chi connectivity index (χ0) is 12.6.